The predicted molar refractivity (Wildman–Crippen MR) is 47.7 cm³/mol. The topological polar surface area (TPSA) is 46.3 Å². The third-order valence-corrected chi connectivity index (χ3v) is 2.66. The number of likely N-dealkylation sites (tertiary alicyclic amines) is 1. The normalized spacial score (nSPS) is 22.9. The second kappa shape index (κ2) is 4.39. The number of thioether (sulfide) groups is 1. The third kappa shape index (κ3) is 3.75. The van der Waals surface area contributed by atoms with E-state index in [0.717, 1.165) is 0 Å². The van der Waals surface area contributed by atoms with Crippen LogP contribution in [0.25, 0.3) is 0 Å². The van der Waals surface area contributed by atoms with E-state index in [1.54, 1.807) is 0 Å². The lowest BCUT2D eigenvalue weighted by molar-refractivity contribution is -0.127. The van der Waals surface area contributed by atoms with Crippen molar-refractivity contribution >= 4 is 17.7 Å². The molecule has 0 aromatic heterocycles. The molecule has 1 fully saturated rings. The largest absolute Gasteiger partial charge is 0.442 e. The highest BCUT2D eigenvalue weighted by Gasteiger charge is 2.31. The van der Waals surface area contributed by atoms with Gasteiger partial charge in [0.25, 0.3) is 0 Å². The van der Waals surface area contributed by atoms with E-state index in [0.29, 0.717) is 19.5 Å². The SMILES string of the molecule is NC1CCN(C(=O)CSC(F)(F)F)C1. The molecule has 0 aliphatic carbocycles. The molecule has 2 N–H and O–H groups in total. The number of alkyl halides is 3. The van der Waals surface area contributed by atoms with Gasteiger partial charge < -0.3 is 10.6 Å². The molecule has 1 aliphatic rings. The van der Waals surface area contributed by atoms with Crippen LogP contribution in [-0.2, 0) is 4.79 Å². The van der Waals surface area contributed by atoms with Gasteiger partial charge in [0.1, 0.15) is 0 Å². The summed E-state index contributed by atoms with van der Waals surface area (Å²) in [6.45, 7) is 0.843. The molecule has 0 spiro atoms. The summed E-state index contributed by atoms with van der Waals surface area (Å²) in [7, 11) is 0. The van der Waals surface area contributed by atoms with Crippen molar-refractivity contribution in [3.05, 3.63) is 0 Å². The highest BCUT2D eigenvalue weighted by Crippen LogP contribution is 2.30. The van der Waals surface area contributed by atoms with E-state index < -0.39 is 17.2 Å². The molecular formula is C7H11F3N2OS. The van der Waals surface area contributed by atoms with Gasteiger partial charge in [0, 0.05) is 19.1 Å². The molecule has 0 aromatic rings. The zero-order chi connectivity index (χ0) is 10.8. The number of carbonyl (C=O) groups is 1. The Hall–Kier alpha value is -0.430. The maximum Gasteiger partial charge on any atom is 0.442 e. The van der Waals surface area contributed by atoms with Gasteiger partial charge in [-0.15, -0.1) is 0 Å². The minimum absolute atomic E-state index is 0.0881. The standard InChI is InChI=1S/C7H11F3N2OS/c8-7(9,10)14-4-6(13)12-2-1-5(11)3-12/h5H,1-4,11H2. The van der Waals surface area contributed by atoms with Crippen LogP contribution in [0.5, 0.6) is 0 Å². The van der Waals surface area contributed by atoms with Crippen LogP contribution in [0.1, 0.15) is 6.42 Å². The van der Waals surface area contributed by atoms with Crippen LogP contribution >= 0.6 is 11.8 Å². The number of hydrogen-bond acceptors (Lipinski definition) is 3. The van der Waals surface area contributed by atoms with E-state index in [-0.39, 0.29) is 17.8 Å². The van der Waals surface area contributed by atoms with Crippen molar-refractivity contribution in [3.8, 4) is 0 Å². The van der Waals surface area contributed by atoms with E-state index in [1.807, 2.05) is 0 Å². The van der Waals surface area contributed by atoms with E-state index in [2.05, 4.69) is 0 Å². The first kappa shape index (κ1) is 11.6. The van der Waals surface area contributed by atoms with Gasteiger partial charge in [-0.3, -0.25) is 4.79 Å². The summed E-state index contributed by atoms with van der Waals surface area (Å²) < 4.78 is 35.2. The Morgan fingerprint density at radius 3 is 2.64 bits per heavy atom. The van der Waals surface area contributed by atoms with Crippen LogP contribution < -0.4 is 5.73 Å². The fourth-order valence-electron chi connectivity index (χ4n) is 1.25. The van der Waals surface area contributed by atoms with Crippen molar-refractivity contribution in [2.24, 2.45) is 5.73 Å². The second-order valence-corrected chi connectivity index (χ2v) is 4.16. The van der Waals surface area contributed by atoms with Crippen LogP contribution in [0.15, 0.2) is 0 Å². The molecule has 82 valence electrons. The zero-order valence-electron chi connectivity index (χ0n) is 7.38. The molecule has 1 atom stereocenters. The van der Waals surface area contributed by atoms with Gasteiger partial charge in [0.15, 0.2) is 0 Å². The summed E-state index contributed by atoms with van der Waals surface area (Å²) >= 11 is -0.302. The number of nitrogens with two attached hydrogens (primary N) is 1. The zero-order valence-corrected chi connectivity index (χ0v) is 8.20. The fraction of sp³-hybridized carbons (Fsp3) is 0.857. The smallest absolute Gasteiger partial charge is 0.340 e. The molecule has 1 rings (SSSR count). The van der Waals surface area contributed by atoms with Crippen molar-refractivity contribution in [2.75, 3.05) is 18.8 Å². The molecule has 7 heteroatoms. The van der Waals surface area contributed by atoms with Gasteiger partial charge in [-0.25, -0.2) is 0 Å². The summed E-state index contributed by atoms with van der Waals surface area (Å²) in [4.78, 5) is 12.6. The first-order valence-electron chi connectivity index (χ1n) is 4.12. The average Bonchev–Trinajstić information content (AvgIpc) is 2.46. The number of halogens is 3. The Morgan fingerprint density at radius 1 is 1.57 bits per heavy atom. The van der Waals surface area contributed by atoms with Crippen molar-refractivity contribution in [3.63, 3.8) is 0 Å². The number of carbonyl (C=O) groups excluding carboxylic acids is 1. The van der Waals surface area contributed by atoms with Gasteiger partial charge in [0.2, 0.25) is 5.91 Å². The number of rotatable bonds is 2. The Balaban J connectivity index is 2.29. The number of amides is 1. The first-order chi connectivity index (χ1) is 6.38. The van der Waals surface area contributed by atoms with Crippen LogP contribution in [-0.4, -0.2) is 41.2 Å². The Morgan fingerprint density at radius 2 is 2.21 bits per heavy atom. The minimum atomic E-state index is -4.34. The van der Waals surface area contributed by atoms with Gasteiger partial charge in [0.05, 0.1) is 5.75 Å². The molecule has 1 saturated heterocycles. The van der Waals surface area contributed by atoms with Crippen molar-refractivity contribution in [1.29, 1.82) is 0 Å². The molecule has 0 saturated carbocycles. The maximum absolute atomic E-state index is 11.7. The molecule has 14 heavy (non-hydrogen) atoms. The Kier molecular flexibility index (Phi) is 3.65. The first-order valence-corrected chi connectivity index (χ1v) is 5.11. The van der Waals surface area contributed by atoms with Crippen molar-refractivity contribution < 1.29 is 18.0 Å². The predicted octanol–water partition coefficient (Wildman–Crippen LogP) is 0.799. The summed E-state index contributed by atoms with van der Waals surface area (Å²) in [6.07, 6.45) is 0.669. The van der Waals surface area contributed by atoms with E-state index in [1.165, 1.54) is 4.90 Å². The Bertz CT molecular complexity index is 221. The minimum Gasteiger partial charge on any atom is -0.340 e. The molecule has 1 aliphatic heterocycles. The maximum atomic E-state index is 11.7. The fourth-order valence-corrected chi connectivity index (χ4v) is 1.72. The summed E-state index contributed by atoms with van der Waals surface area (Å²) in [5.41, 5.74) is 1.19. The van der Waals surface area contributed by atoms with Crippen LogP contribution in [0, 0.1) is 0 Å². The van der Waals surface area contributed by atoms with Crippen LogP contribution in [0.2, 0.25) is 0 Å². The molecule has 1 heterocycles. The van der Waals surface area contributed by atoms with Gasteiger partial charge in [-0.05, 0) is 18.2 Å². The van der Waals surface area contributed by atoms with Gasteiger partial charge in [-0.1, -0.05) is 0 Å². The molecule has 1 amide bonds. The molecule has 3 nitrogen and oxygen atoms in total. The number of hydrogen-bond donors (Lipinski definition) is 1. The number of nitrogens with zero attached hydrogens (tertiary/aromatic N) is 1. The highest BCUT2D eigenvalue weighted by atomic mass is 32.2. The van der Waals surface area contributed by atoms with E-state index >= 15 is 0 Å². The summed E-state index contributed by atoms with van der Waals surface area (Å²) in [5, 5.41) is 0. The van der Waals surface area contributed by atoms with Crippen molar-refractivity contribution in [2.45, 2.75) is 18.0 Å². The van der Waals surface area contributed by atoms with Gasteiger partial charge in [-0.2, -0.15) is 13.2 Å². The van der Waals surface area contributed by atoms with Crippen LogP contribution in [0.4, 0.5) is 13.2 Å². The van der Waals surface area contributed by atoms with E-state index in [9.17, 15) is 18.0 Å². The third-order valence-electron chi connectivity index (χ3n) is 1.94. The molecule has 0 radical (unpaired) electrons. The lowest BCUT2D eigenvalue weighted by Crippen LogP contribution is -2.33. The lowest BCUT2D eigenvalue weighted by atomic mass is 10.3. The molecule has 0 bridgehead atoms. The molecular weight excluding hydrogens is 217 g/mol. The Labute approximate surface area is 83.8 Å². The van der Waals surface area contributed by atoms with Crippen molar-refractivity contribution in [1.82, 2.24) is 4.90 Å². The van der Waals surface area contributed by atoms with Gasteiger partial charge >= 0.3 is 5.51 Å². The average molecular weight is 228 g/mol. The quantitative estimate of drug-likeness (QED) is 0.760. The summed E-state index contributed by atoms with van der Waals surface area (Å²) in [6, 6.07) is -0.0881. The highest BCUT2D eigenvalue weighted by molar-refractivity contribution is 8.00. The monoisotopic (exact) mass is 228 g/mol. The molecule has 1 unspecified atom stereocenters. The van der Waals surface area contributed by atoms with Crippen LogP contribution in [0.3, 0.4) is 0 Å². The lowest BCUT2D eigenvalue weighted by Gasteiger charge is -2.15. The second-order valence-electron chi connectivity index (χ2n) is 3.12. The van der Waals surface area contributed by atoms with E-state index in [4.69, 9.17) is 5.73 Å². The summed E-state index contributed by atoms with van der Waals surface area (Å²) in [5.74, 6) is -1.03. The molecule has 0 aromatic carbocycles.